The Hall–Kier alpha value is -2.45. The first kappa shape index (κ1) is 16.4. The zero-order valence-electron chi connectivity index (χ0n) is 13.6. The van der Waals surface area contributed by atoms with Gasteiger partial charge in [0.2, 0.25) is 0 Å². The number of carbonyl (C=O) groups is 1. The van der Waals surface area contributed by atoms with Gasteiger partial charge in [0, 0.05) is 12.5 Å². The van der Waals surface area contributed by atoms with E-state index in [0.29, 0.717) is 23.1 Å². The molecule has 3 aromatic rings. The summed E-state index contributed by atoms with van der Waals surface area (Å²) in [7, 11) is 1.89. The van der Waals surface area contributed by atoms with Gasteiger partial charge in [-0.25, -0.2) is 0 Å². The maximum Gasteiger partial charge on any atom is 0.291 e. The molecule has 0 aliphatic heterocycles. The summed E-state index contributed by atoms with van der Waals surface area (Å²) in [6, 6.07) is 5.43. The van der Waals surface area contributed by atoms with E-state index in [-0.39, 0.29) is 17.7 Å². The number of likely N-dealkylation sites (N-methyl/N-ethyl adjacent to an activating group) is 1. The van der Waals surface area contributed by atoms with Crippen molar-refractivity contribution in [3.8, 4) is 10.8 Å². The molecule has 0 aliphatic carbocycles. The lowest BCUT2D eigenvalue weighted by Gasteiger charge is -2.04. The molecule has 1 unspecified atom stereocenters. The highest BCUT2D eigenvalue weighted by atomic mass is 32.1. The van der Waals surface area contributed by atoms with Crippen molar-refractivity contribution in [3.63, 3.8) is 0 Å². The minimum absolute atomic E-state index is 0.267. The lowest BCUT2D eigenvalue weighted by molar-refractivity contribution is 0.0997. The highest BCUT2D eigenvalue weighted by Gasteiger charge is 2.18. The quantitative estimate of drug-likeness (QED) is 0.712. The standard InChI is InChI=1S/C16H18N4O3S/c1-9-7-13(19-15(21)11-5-4-6-22-11)24-14(9)16-18-12(20-23-16)8-10(2)17-3/h4-7,10,17H,8H2,1-3H3,(H,19,21). The zero-order valence-corrected chi connectivity index (χ0v) is 14.4. The molecule has 7 nitrogen and oxygen atoms in total. The molecule has 0 saturated heterocycles. The van der Waals surface area contributed by atoms with Crippen molar-refractivity contribution in [2.75, 3.05) is 12.4 Å². The summed E-state index contributed by atoms with van der Waals surface area (Å²) in [6.07, 6.45) is 2.15. The van der Waals surface area contributed by atoms with Crippen LogP contribution in [0.4, 0.5) is 5.00 Å². The molecule has 24 heavy (non-hydrogen) atoms. The molecule has 3 aromatic heterocycles. The van der Waals surface area contributed by atoms with Crippen molar-refractivity contribution in [1.29, 1.82) is 0 Å². The minimum atomic E-state index is -0.290. The van der Waals surface area contributed by atoms with Crippen LogP contribution in [0.1, 0.15) is 28.9 Å². The van der Waals surface area contributed by atoms with E-state index >= 15 is 0 Å². The number of aromatic nitrogens is 2. The molecule has 3 heterocycles. The predicted octanol–water partition coefficient (Wildman–Crippen LogP) is 3.10. The van der Waals surface area contributed by atoms with E-state index in [2.05, 4.69) is 27.7 Å². The molecule has 126 valence electrons. The van der Waals surface area contributed by atoms with E-state index < -0.39 is 0 Å². The van der Waals surface area contributed by atoms with E-state index in [4.69, 9.17) is 8.94 Å². The fourth-order valence-electron chi connectivity index (χ4n) is 2.14. The molecule has 8 heteroatoms. The van der Waals surface area contributed by atoms with Crippen molar-refractivity contribution >= 4 is 22.2 Å². The van der Waals surface area contributed by atoms with E-state index in [0.717, 1.165) is 10.4 Å². The van der Waals surface area contributed by atoms with E-state index in [1.54, 1.807) is 12.1 Å². The molecule has 0 saturated carbocycles. The maximum absolute atomic E-state index is 12.0. The van der Waals surface area contributed by atoms with Gasteiger partial charge in [-0.15, -0.1) is 11.3 Å². The molecule has 0 fully saturated rings. The molecule has 0 radical (unpaired) electrons. The second-order valence-electron chi connectivity index (χ2n) is 5.46. The Balaban J connectivity index is 1.75. The van der Waals surface area contributed by atoms with Crippen LogP contribution < -0.4 is 10.6 Å². The van der Waals surface area contributed by atoms with Gasteiger partial charge in [0.1, 0.15) is 0 Å². The molecular weight excluding hydrogens is 328 g/mol. The van der Waals surface area contributed by atoms with Crippen LogP contribution in [0.3, 0.4) is 0 Å². The molecule has 0 bridgehead atoms. The van der Waals surface area contributed by atoms with Crippen LogP contribution in [0.2, 0.25) is 0 Å². The van der Waals surface area contributed by atoms with Gasteiger partial charge >= 0.3 is 0 Å². The normalized spacial score (nSPS) is 12.3. The number of thiophene rings is 1. The third-order valence-electron chi connectivity index (χ3n) is 3.54. The zero-order chi connectivity index (χ0) is 17.1. The topological polar surface area (TPSA) is 93.2 Å². The summed E-state index contributed by atoms with van der Waals surface area (Å²) >= 11 is 1.39. The molecule has 0 aliphatic rings. The highest BCUT2D eigenvalue weighted by molar-refractivity contribution is 7.19. The fourth-order valence-corrected chi connectivity index (χ4v) is 3.13. The van der Waals surface area contributed by atoms with E-state index in [9.17, 15) is 4.79 Å². The Labute approximate surface area is 143 Å². The van der Waals surface area contributed by atoms with Crippen molar-refractivity contribution in [2.24, 2.45) is 0 Å². The lowest BCUT2D eigenvalue weighted by atomic mass is 10.2. The summed E-state index contributed by atoms with van der Waals surface area (Å²) in [4.78, 5) is 17.3. The summed E-state index contributed by atoms with van der Waals surface area (Å²) in [6.45, 7) is 3.99. The summed E-state index contributed by atoms with van der Waals surface area (Å²) < 4.78 is 10.4. The van der Waals surface area contributed by atoms with Gasteiger partial charge in [-0.05, 0) is 44.7 Å². The fraction of sp³-hybridized carbons (Fsp3) is 0.312. The minimum Gasteiger partial charge on any atom is -0.459 e. The Bertz CT molecular complexity index is 822. The number of hydrogen-bond acceptors (Lipinski definition) is 7. The van der Waals surface area contributed by atoms with Crippen LogP contribution in [-0.2, 0) is 6.42 Å². The van der Waals surface area contributed by atoms with Crippen molar-refractivity contribution in [3.05, 3.63) is 41.6 Å². The Morgan fingerprint density at radius 3 is 3.00 bits per heavy atom. The number of rotatable bonds is 6. The maximum atomic E-state index is 12.0. The van der Waals surface area contributed by atoms with Gasteiger partial charge in [0.05, 0.1) is 16.1 Å². The number of hydrogen-bond donors (Lipinski definition) is 2. The van der Waals surface area contributed by atoms with Crippen molar-refractivity contribution in [1.82, 2.24) is 15.5 Å². The number of aryl methyl sites for hydroxylation is 1. The highest BCUT2D eigenvalue weighted by Crippen LogP contribution is 2.34. The Morgan fingerprint density at radius 2 is 2.29 bits per heavy atom. The predicted molar refractivity (Wildman–Crippen MR) is 91.2 cm³/mol. The molecule has 3 rings (SSSR count). The third kappa shape index (κ3) is 3.55. The van der Waals surface area contributed by atoms with Crippen LogP contribution in [0, 0.1) is 6.92 Å². The van der Waals surface area contributed by atoms with Gasteiger partial charge < -0.3 is 19.6 Å². The molecule has 0 spiro atoms. The molecule has 2 N–H and O–H groups in total. The van der Waals surface area contributed by atoms with Gasteiger partial charge in [0.15, 0.2) is 11.6 Å². The first-order valence-electron chi connectivity index (χ1n) is 7.52. The van der Waals surface area contributed by atoms with Crippen LogP contribution in [-0.4, -0.2) is 29.1 Å². The average Bonchev–Trinajstić information content (AvgIpc) is 3.28. The van der Waals surface area contributed by atoms with E-state index in [1.807, 2.05) is 20.0 Å². The van der Waals surface area contributed by atoms with Gasteiger partial charge in [-0.1, -0.05) is 5.16 Å². The Kier molecular flexibility index (Phi) is 4.77. The number of amides is 1. The van der Waals surface area contributed by atoms with Crippen LogP contribution in [0.25, 0.3) is 10.8 Å². The van der Waals surface area contributed by atoms with Crippen molar-refractivity contribution in [2.45, 2.75) is 26.3 Å². The average molecular weight is 346 g/mol. The van der Waals surface area contributed by atoms with Crippen LogP contribution >= 0.6 is 11.3 Å². The van der Waals surface area contributed by atoms with E-state index in [1.165, 1.54) is 17.6 Å². The van der Waals surface area contributed by atoms with Gasteiger partial charge in [-0.2, -0.15) is 4.98 Å². The van der Waals surface area contributed by atoms with Crippen LogP contribution in [0.5, 0.6) is 0 Å². The number of carbonyl (C=O) groups excluding carboxylic acids is 1. The monoisotopic (exact) mass is 346 g/mol. The SMILES string of the molecule is CNC(C)Cc1noc(-c2sc(NC(=O)c3ccco3)cc2C)n1. The number of furan rings is 1. The first-order valence-corrected chi connectivity index (χ1v) is 8.34. The third-order valence-corrected chi connectivity index (χ3v) is 4.68. The summed E-state index contributed by atoms with van der Waals surface area (Å²) in [5.41, 5.74) is 0.964. The van der Waals surface area contributed by atoms with Crippen LogP contribution in [0.15, 0.2) is 33.4 Å². The lowest BCUT2D eigenvalue weighted by Crippen LogP contribution is -2.24. The summed E-state index contributed by atoms with van der Waals surface area (Å²) in [5.74, 6) is 1.10. The smallest absolute Gasteiger partial charge is 0.291 e. The largest absolute Gasteiger partial charge is 0.459 e. The molecule has 1 atom stereocenters. The first-order chi connectivity index (χ1) is 11.6. The molecule has 0 aromatic carbocycles. The van der Waals surface area contributed by atoms with Gasteiger partial charge in [0.25, 0.3) is 11.8 Å². The van der Waals surface area contributed by atoms with Crippen molar-refractivity contribution < 1.29 is 13.7 Å². The summed E-state index contributed by atoms with van der Waals surface area (Å²) in [5, 5.41) is 10.7. The number of nitrogens with zero attached hydrogens (tertiary/aromatic N) is 2. The second-order valence-corrected chi connectivity index (χ2v) is 6.52. The van der Waals surface area contributed by atoms with Gasteiger partial charge in [-0.3, -0.25) is 4.79 Å². The Morgan fingerprint density at radius 1 is 1.46 bits per heavy atom. The molecule has 1 amide bonds. The number of anilines is 1. The second kappa shape index (κ2) is 6.98. The molecular formula is C16H18N4O3S. The number of nitrogens with one attached hydrogen (secondary N) is 2.